The fourth-order valence-electron chi connectivity index (χ4n) is 2.06. The molecule has 3 rings (SSSR count). The Morgan fingerprint density at radius 3 is 2.81 bits per heavy atom. The number of carboxylic acid groups (broad SMARTS) is 1. The Hall–Kier alpha value is -2.74. The number of nitrogens with one attached hydrogen (secondary N) is 1. The van der Waals surface area contributed by atoms with E-state index in [4.69, 9.17) is 0 Å². The molecular formula is C13H9N3O4S. The second kappa shape index (κ2) is 4.67. The van der Waals surface area contributed by atoms with Crippen molar-refractivity contribution >= 4 is 28.3 Å². The second-order valence-corrected chi connectivity index (χ2v) is 5.30. The summed E-state index contributed by atoms with van der Waals surface area (Å²) in [7, 11) is 1.43. The molecule has 0 saturated heterocycles. The normalized spacial score (nSPS) is 10.9. The van der Waals surface area contributed by atoms with Crippen molar-refractivity contribution in [3.05, 3.63) is 50.0 Å². The van der Waals surface area contributed by atoms with Gasteiger partial charge in [0, 0.05) is 7.05 Å². The third-order valence-corrected chi connectivity index (χ3v) is 3.97. The summed E-state index contributed by atoms with van der Waals surface area (Å²) >= 11 is 1.39. The maximum atomic E-state index is 11.9. The summed E-state index contributed by atoms with van der Waals surface area (Å²) in [4.78, 5) is 42.1. The topological polar surface area (TPSA) is 105 Å². The minimum absolute atomic E-state index is 0.0482. The highest BCUT2D eigenvalue weighted by Crippen LogP contribution is 2.26. The number of aromatic nitrogens is 3. The van der Waals surface area contributed by atoms with Crippen LogP contribution in [0, 0.1) is 0 Å². The van der Waals surface area contributed by atoms with Crippen LogP contribution in [-0.4, -0.2) is 25.6 Å². The van der Waals surface area contributed by atoms with Crippen molar-refractivity contribution in [1.29, 1.82) is 0 Å². The number of hydrogen-bond acceptors (Lipinski definition) is 5. The predicted molar refractivity (Wildman–Crippen MR) is 77.9 cm³/mol. The summed E-state index contributed by atoms with van der Waals surface area (Å²) in [6.45, 7) is 0. The van der Waals surface area contributed by atoms with Crippen LogP contribution < -0.4 is 11.2 Å². The van der Waals surface area contributed by atoms with Gasteiger partial charge in [-0.05, 0) is 17.5 Å². The van der Waals surface area contributed by atoms with E-state index in [1.807, 2.05) is 11.4 Å². The maximum absolute atomic E-state index is 11.9. The molecule has 0 atom stereocenters. The second-order valence-electron chi connectivity index (χ2n) is 4.35. The standard InChI is InChI=1S/C13H9N3O4S/c1-16-10-9(11(17)15-13(16)20)6(12(18)19)5-7(14-10)8-3-2-4-21-8/h2-5H,1H3,(H,18,19)(H,15,17,20). The van der Waals surface area contributed by atoms with Gasteiger partial charge in [0.1, 0.15) is 0 Å². The summed E-state index contributed by atoms with van der Waals surface area (Å²) in [6, 6.07) is 4.94. The van der Waals surface area contributed by atoms with E-state index < -0.39 is 17.2 Å². The monoisotopic (exact) mass is 303 g/mol. The largest absolute Gasteiger partial charge is 0.478 e. The fourth-order valence-corrected chi connectivity index (χ4v) is 2.74. The number of nitrogens with zero attached hydrogens (tertiary/aromatic N) is 2. The summed E-state index contributed by atoms with van der Waals surface area (Å²) in [5, 5.41) is 11.1. The number of fused-ring (bicyclic) bond motifs is 1. The molecule has 0 radical (unpaired) electrons. The Kier molecular flexibility index (Phi) is 2.95. The molecule has 7 nitrogen and oxygen atoms in total. The van der Waals surface area contributed by atoms with Crippen LogP contribution in [0.25, 0.3) is 21.6 Å². The first-order chi connectivity index (χ1) is 9.99. The van der Waals surface area contributed by atoms with Crippen LogP contribution in [0.2, 0.25) is 0 Å². The molecule has 0 amide bonds. The van der Waals surface area contributed by atoms with Gasteiger partial charge in [-0.3, -0.25) is 14.3 Å². The van der Waals surface area contributed by atoms with E-state index in [0.29, 0.717) is 5.69 Å². The average Bonchev–Trinajstić information content (AvgIpc) is 2.97. The summed E-state index contributed by atoms with van der Waals surface area (Å²) in [5.41, 5.74) is -1.11. The summed E-state index contributed by atoms with van der Waals surface area (Å²) in [5.74, 6) is -1.25. The Morgan fingerprint density at radius 2 is 2.19 bits per heavy atom. The zero-order chi connectivity index (χ0) is 15.1. The molecule has 0 unspecified atom stereocenters. The zero-order valence-electron chi connectivity index (χ0n) is 10.8. The highest BCUT2D eigenvalue weighted by atomic mass is 32.1. The highest BCUT2D eigenvalue weighted by Gasteiger charge is 2.18. The molecule has 0 aliphatic rings. The molecule has 3 heterocycles. The van der Waals surface area contributed by atoms with Crippen molar-refractivity contribution in [2.24, 2.45) is 7.05 Å². The van der Waals surface area contributed by atoms with Crippen molar-refractivity contribution in [2.45, 2.75) is 0 Å². The van der Waals surface area contributed by atoms with Gasteiger partial charge in [-0.25, -0.2) is 14.6 Å². The summed E-state index contributed by atoms with van der Waals surface area (Å²) < 4.78 is 1.13. The van der Waals surface area contributed by atoms with E-state index in [9.17, 15) is 19.5 Å². The van der Waals surface area contributed by atoms with Crippen LogP contribution in [-0.2, 0) is 7.05 Å². The molecule has 3 aromatic heterocycles. The number of thiophene rings is 1. The van der Waals surface area contributed by atoms with Gasteiger partial charge in [0.25, 0.3) is 5.56 Å². The highest BCUT2D eigenvalue weighted by molar-refractivity contribution is 7.13. The summed E-state index contributed by atoms with van der Waals surface area (Å²) in [6.07, 6.45) is 0. The van der Waals surface area contributed by atoms with E-state index in [-0.39, 0.29) is 16.6 Å². The predicted octanol–water partition coefficient (Wildman–Crippen LogP) is 1.05. The van der Waals surface area contributed by atoms with Crippen LogP contribution in [0.1, 0.15) is 10.4 Å². The number of pyridine rings is 1. The van der Waals surface area contributed by atoms with Crippen molar-refractivity contribution in [1.82, 2.24) is 14.5 Å². The number of aryl methyl sites for hydroxylation is 1. The fraction of sp³-hybridized carbons (Fsp3) is 0.0769. The van der Waals surface area contributed by atoms with Gasteiger partial charge in [-0.2, -0.15) is 0 Å². The Morgan fingerprint density at radius 1 is 1.43 bits per heavy atom. The Labute approximate surface area is 121 Å². The van der Waals surface area contributed by atoms with Crippen LogP contribution in [0.15, 0.2) is 33.2 Å². The van der Waals surface area contributed by atoms with E-state index in [1.165, 1.54) is 24.5 Å². The molecule has 0 aromatic carbocycles. The molecule has 8 heteroatoms. The molecule has 0 bridgehead atoms. The van der Waals surface area contributed by atoms with Gasteiger partial charge in [0.2, 0.25) is 0 Å². The van der Waals surface area contributed by atoms with Crippen LogP contribution in [0.3, 0.4) is 0 Å². The van der Waals surface area contributed by atoms with Gasteiger partial charge in [0.05, 0.1) is 21.5 Å². The molecule has 0 aliphatic heterocycles. The lowest BCUT2D eigenvalue weighted by Gasteiger charge is -2.07. The number of aromatic amines is 1. The quantitative estimate of drug-likeness (QED) is 0.736. The lowest BCUT2D eigenvalue weighted by molar-refractivity contribution is 0.0699. The smallest absolute Gasteiger partial charge is 0.336 e. The van der Waals surface area contributed by atoms with Crippen molar-refractivity contribution < 1.29 is 9.90 Å². The zero-order valence-corrected chi connectivity index (χ0v) is 11.6. The molecule has 2 N–H and O–H groups in total. The minimum Gasteiger partial charge on any atom is -0.478 e. The number of hydrogen-bond donors (Lipinski definition) is 2. The first-order valence-electron chi connectivity index (χ1n) is 5.90. The van der Waals surface area contributed by atoms with Crippen LogP contribution in [0.4, 0.5) is 0 Å². The minimum atomic E-state index is -1.25. The van der Waals surface area contributed by atoms with Gasteiger partial charge < -0.3 is 5.11 Å². The maximum Gasteiger partial charge on any atom is 0.336 e. The van der Waals surface area contributed by atoms with E-state index in [1.54, 1.807) is 6.07 Å². The number of carboxylic acids is 1. The number of aromatic carboxylic acids is 1. The van der Waals surface area contributed by atoms with Crippen molar-refractivity contribution in [3.63, 3.8) is 0 Å². The first-order valence-corrected chi connectivity index (χ1v) is 6.78. The Balaban J connectivity index is 2.52. The lowest BCUT2D eigenvalue weighted by atomic mass is 10.1. The molecule has 21 heavy (non-hydrogen) atoms. The molecule has 0 fully saturated rings. The molecule has 0 spiro atoms. The van der Waals surface area contributed by atoms with Gasteiger partial charge in [0.15, 0.2) is 5.65 Å². The van der Waals surface area contributed by atoms with E-state index in [0.717, 1.165) is 9.44 Å². The van der Waals surface area contributed by atoms with E-state index in [2.05, 4.69) is 9.97 Å². The Bertz CT molecular complexity index is 969. The molecule has 3 aromatic rings. The van der Waals surface area contributed by atoms with Gasteiger partial charge >= 0.3 is 11.7 Å². The number of carbonyl (C=O) groups is 1. The molecular weight excluding hydrogens is 294 g/mol. The lowest BCUT2D eigenvalue weighted by Crippen LogP contribution is -2.30. The van der Waals surface area contributed by atoms with Crippen molar-refractivity contribution in [3.8, 4) is 10.6 Å². The van der Waals surface area contributed by atoms with Gasteiger partial charge in [-0.15, -0.1) is 11.3 Å². The molecule has 0 saturated carbocycles. The number of rotatable bonds is 2. The van der Waals surface area contributed by atoms with Crippen molar-refractivity contribution in [2.75, 3.05) is 0 Å². The average molecular weight is 303 g/mol. The first kappa shape index (κ1) is 13.3. The van der Waals surface area contributed by atoms with E-state index >= 15 is 0 Å². The third kappa shape index (κ3) is 2.05. The third-order valence-electron chi connectivity index (χ3n) is 3.07. The number of H-pyrrole nitrogens is 1. The molecule has 0 aliphatic carbocycles. The molecule has 106 valence electrons. The van der Waals surface area contributed by atoms with Gasteiger partial charge in [-0.1, -0.05) is 6.07 Å². The SMILES string of the molecule is Cn1c(=O)[nH]c(=O)c2c(C(=O)O)cc(-c3cccs3)nc21. The van der Waals surface area contributed by atoms with Crippen LogP contribution in [0.5, 0.6) is 0 Å². The van der Waals surface area contributed by atoms with Crippen LogP contribution >= 0.6 is 11.3 Å².